The van der Waals surface area contributed by atoms with Crippen LogP contribution < -0.4 is 27.3 Å². The zero-order valence-corrected chi connectivity index (χ0v) is 15.8. The van der Waals surface area contributed by atoms with Crippen molar-refractivity contribution < 1.29 is 6.11 Å². The molecule has 28 heavy (non-hydrogen) atoms. The minimum Gasteiger partial charge on any atom is -0.434 e. The molecule has 0 saturated heterocycles. The molecule has 0 fully saturated rings. The van der Waals surface area contributed by atoms with Gasteiger partial charge in [0.25, 0.3) is 11.1 Å². The summed E-state index contributed by atoms with van der Waals surface area (Å²) in [5, 5.41) is 9.80. The lowest BCUT2D eigenvalue weighted by atomic mass is 10.1. The van der Waals surface area contributed by atoms with Crippen molar-refractivity contribution in [2.24, 2.45) is 0 Å². The van der Waals surface area contributed by atoms with E-state index in [0.717, 1.165) is 4.68 Å². The molecule has 4 N–H and O–H groups in total. The molecule has 0 aliphatic carbocycles. The van der Waals surface area contributed by atoms with Crippen molar-refractivity contribution in [2.75, 3.05) is 5.73 Å². The first-order chi connectivity index (χ1) is 13.7. The molecule has 146 valence electrons. The maximum absolute atomic E-state index is 12.0. The smallest absolute Gasteiger partial charge is 0.349 e. The van der Waals surface area contributed by atoms with E-state index < -0.39 is 22.6 Å². The van der Waals surface area contributed by atoms with Crippen molar-refractivity contribution in [1.29, 1.82) is 0 Å². The van der Waals surface area contributed by atoms with Crippen LogP contribution in [0.4, 0.5) is 5.82 Å². The molecule has 0 spiro atoms. The largest absolute Gasteiger partial charge is 0.434 e. The first-order valence-electron chi connectivity index (χ1n) is 8.47. The van der Waals surface area contributed by atoms with E-state index in [1.807, 2.05) is 4.98 Å². The van der Waals surface area contributed by atoms with E-state index in [9.17, 15) is 14.4 Å². The van der Waals surface area contributed by atoms with Gasteiger partial charge in [-0.2, -0.15) is 4.68 Å². The first kappa shape index (κ1) is 18.3. The molecule has 12 heteroatoms. The Hall–Kier alpha value is -3.11. The van der Waals surface area contributed by atoms with E-state index in [1.165, 1.54) is 18.2 Å². The van der Waals surface area contributed by atoms with Crippen LogP contribution in [0.1, 0.15) is 26.7 Å². The number of hydrogen-bond acceptors (Lipinski definition) is 7. The fourth-order valence-electron chi connectivity index (χ4n) is 2.28. The van der Waals surface area contributed by atoms with Gasteiger partial charge in [-0.15, -0.1) is 10.2 Å². The third-order valence-corrected chi connectivity index (χ3v) is 4.19. The third-order valence-electron chi connectivity index (χ3n) is 3.63. The Labute approximate surface area is 168 Å². The van der Waals surface area contributed by atoms with Crippen molar-refractivity contribution in [3.05, 3.63) is 65.0 Å². The van der Waals surface area contributed by atoms with Gasteiger partial charge < -0.3 is 10.5 Å². The number of H-pyrrole nitrogens is 2. The highest BCUT2D eigenvalue weighted by molar-refractivity contribution is 6.37. The summed E-state index contributed by atoms with van der Waals surface area (Å²) in [6.07, 6.45) is 0. The minimum absolute atomic E-state index is 0.00674. The number of benzene rings is 1. The number of hydrogen-bond donors (Lipinski definition) is 3. The number of nitrogen functional groups attached to an aromatic ring is 1. The number of anilines is 1. The number of halogens is 2. The van der Waals surface area contributed by atoms with Crippen LogP contribution in [-0.2, 0) is 0 Å². The van der Waals surface area contributed by atoms with Crippen LogP contribution in [0.15, 0.2) is 32.6 Å². The summed E-state index contributed by atoms with van der Waals surface area (Å²) < 4.78 is 13.9. The molecule has 0 aliphatic heterocycles. The van der Waals surface area contributed by atoms with Gasteiger partial charge in [0, 0.05) is 13.0 Å². The van der Waals surface area contributed by atoms with Crippen LogP contribution in [0.3, 0.4) is 0 Å². The molecular weight excluding hydrogens is 411 g/mol. The molecule has 0 amide bonds. The topological polar surface area (TPSA) is 149 Å². The number of aromatic nitrogens is 5. The summed E-state index contributed by atoms with van der Waals surface area (Å²) >= 11 is 12.5. The van der Waals surface area contributed by atoms with Gasteiger partial charge in [0.15, 0.2) is 5.75 Å². The number of ether oxygens (including phenoxy) is 1. The molecule has 3 aromatic rings. The Morgan fingerprint density at radius 3 is 2.54 bits per heavy atom. The number of nitrogens with two attached hydrogens (primary N) is 1. The van der Waals surface area contributed by atoms with E-state index in [0.29, 0.717) is 5.56 Å². The lowest BCUT2D eigenvalue weighted by Gasteiger charge is -2.12. The summed E-state index contributed by atoms with van der Waals surface area (Å²) in [7, 11) is 0. The Bertz CT molecular complexity index is 1230. The van der Waals surface area contributed by atoms with E-state index in [1.54, 1.807) is 6.92 Å². The van der Waals surface area contributed by atoms with Crippen molar-refractivity contribution in [2.45, 2.75) is 19.7 Å². The second-order valence-electron chi connectivity index (χ2n) is 5.79. The molecule has 2 aromatic heterocycles. The lowest BCUT2D eigenvalue weighted by molar-refractivity contribution is 0.452. The zero-order chi connectivity index (χ0) is 21.3. The van der Waals surface area contributed by atoms with E-state index in [2.05, 4.69) is 15.3 Å². The van der Waals surface area contributed by atoms with Gasteiger partial charge in [-0.05, 0) is 18.1 Å². The Morgan fingerprint density at radius 2 is 1.89 bits per heavy atom. The van der Waals surface area contributed by atoms with Gasteiger partial charge in [-0.3, -0.25) is 14.6 Å². The van der Waals surface area contributed by atoms with Crippen LogP contribution >= 0.6 is 23.2 Å². The summed E-state index contributed by atoms with van der Waals surface area (Å²) in [5.74, 6) is -0.710. The molecule has 1 atom stereocenters. The van der Waals surface area contributed by atoms with Gasteiger partial charge in [-0.25, -0.2) is 9.89 Å². The molecule has 1 aromatic carbocycles. The lowest BCUT2D eigenvalue weighted by Crippen LogP contribution is -2.33. The first-order valence-corrected chi connectivity index (χ1v) is 8.52. The summed E-state index contributed by atoms with van der Waals surface area (Å²) in [4.78, 5) is 37.2. The van der Waals surface area contributed by atoms with Crippen molar-refractivity contribution in [3.63, 3.8) is 0 Å². The fraction of sp³-hybridized carbons (Fsp3) is 0.188. The van der Waals surface area contributed by atoms with E-state index in [4.69, 9.17) is 35.0 Å². The Morgan fingerprint density at radius 1 is 1.21 bits per heavy atom. The molecule has 0 bridgehead atoms. The van der Waals surface area contributed by atoms with Crippen LogP contribution in [0.5, 0.6) is 11.6 Å². The maximum Gasteiger partial charge on any atom is 0.349 e. The highest BCUT2D eigenvalue weighted by Gasteiger charge is 2.16. The van der Waals surface area contributed by atoms with E-state index in [-0.39, 0.29) is 40.2 Å². The van der Waals surface area contributed by atoms with Crippen LogP contribution in [-0.4, -0.2) is 25.0 Å². The number of aromatic amines is 2. The molecule has 0 aliphatic rings. The molecule has 10 nitrogen and oxygen atoms in total. The van der Waals surface area contributed by atoms with Gasteiger partial charge in [0.1, 0.15) is 0 Å². The highest BCUT2D eigenvalue weighted by atomic mass is 35.5. The van der Waals surface area contributed by atoms with Gasteiger partial charge in [0.2, 0.25) is 11.7 Å². The SMILES string of the molecule is [2H]CC(C)c1cc(Oc2c(Cl)cc(-n3nc(N)c(=O)[nH]c3=O)cc2Cl)n[nH]c1=O. The molecule has 0 radical (unpaired) electrons. The molecule has 2 heterocycles. The van der Waals surface area contributed by atoms with Crippen molar-refractivity contribution in [3.8, 4) is 17.3 Å². The second-order valence-corrected chi connectivity index (χ2v) is 6.60. The average Bonchev–Trinajstić information content (AvgIpc) is 2.68. The number of rotatable bonds is 4. The van der Waals surface area contributed by atoms with Crippen molar-refractivity contribution >= 4 is 29.0 Å². The van der Waals surface area contributed by atoms with Crippen LogP contribution in [0.2, 0.25) is 10.0 Å². The van der Waals surface area contributed by atoms with Gasteiger partial charge >= 0.3 is 5.69 Å². The molecule has 3 rings (SSSR count). The predicted molar refractivity (Wildman–Crippen MR) is 104 cm³/mol. The predicted octanol–water partition coefficient (Wildman–Crippen LogP) is 1.81. The minimum atomic E-state index is -0.832. The van der Waals surface area contributed by atoms with Gasteiger partial charge in [0.05, 0.1) is 15.7 Å². The summed E-state index contributed by atoms with van der Waals surface area (Å²) in [6, 6.07) is 4.05. The summed E-state index contributed by atoms with van der Waals surface area (Å²) in [6.45, 7) is 1.73. The number of nitrogens with zero attached hydrogens (tertiary/aromatic N) is 3. The second kappa shape index (κ2) is 7.49. The van der Waals surface area contributed by atoms with Crippen LogP contribution in [0.25, 0.3) is 5.69 Å². The Kier molecular flexibility index (Phi) is 4.88. The molecule has 1 unspecified atom stereocenters. The standard InChI is InChI=1S/C16H14Cl2N6O4/c1-6(2)8-5-11(21-22-14(8)25)28-12-9(17)3-7(4-10(12)18)24-16(27)20-15(26)13(19)23-24/h3-6H,1-2H3,(H2,19,23)(H,22,25)(H,20,26,27)/i1D. The van der Waals surface area contributed by atoms with Gasteiger partial charge in [-0.1, -0.05) is 37.0 Å². The Balaban J connectivity index is 2.02. The van der Waals surface area contributed by atoms with E-state index >= 15 is 0 Å². The monoisotopic (exact) mass is 425 g/mol. The fourth-order valence-corrected chi connectivity index (χ4v) is 2.83. The molecule has 0 saturated carbocycles. The third kappa shape index (κ3) is 3.78. The normalized spacial score (nSPS) is 12.5. The molecular formula is C16H14Cl2N6O4. The van der Waals surface area contributed by atoms with Crippen LogP contribution in [0, 0.1) is 0 Å². The maximum atomic E-state index is 12.0. The zero-order valence-electron chi connectivity index (χ0n) is 15.3. The number of nitrogens with one attached hydrogen (secondary N) is 2. The van der Waals surface area contributed by atoms with Crippen molar-refractivity contribution in [1.82, 2.24) is 25.0 Å². The summed E-state index contributed by atoms with van der Waals surface area (Å²) in [5.41, 5.74) is 3.83. The average molecular weight is 426 g/mol. The highest BCUT2D eigenvalue weighted by Crippen LogP contribution is 2.37. The quantitative estimate of drug-likeness (QED) is 0.576.